The molecule has 28 heavy (non-hydrogen) atoms. The lowest BCUT2D eigenvalue weighted by molar-refractivity contribution is -0.148. The lowest BCUT2D eigenvalue weighted by atomic mass is 10.0. The van der Waals surface area contributed by atoms with Crippen LogP contribution in [0.15, 0.2) is 29.2 Å². The number of esters is 1. The summed E-state index contributed by atoms with van der Waals surface area (Å²) in [6, 6.07) is 6.38. The Morgan fingerprint density at radius 2 is 2.04 bits per heavy atom. The normalized spacial score (nSPS) is 24.5. The molecule has 0 radical (unpaired) electrons. The molecule has 3 rings (SSSR count). The molecule has 150 valence electrons. The molecule has 2 aliphatic rings. The van der Waals surface area contributed by atoms with Crippen LogP contribution in [0.1, 0.15) is 26.7 Å². The number of rotatable bonds is 5. The van der Waals surface area contributed by atoms with Crippen molar-refractivity contribution >= 4 is 41.1 Å². The Hall–Kier alpha value is -2.55. The fourth-order valence-corrected chi connectivity index (χ4v) is 4.70. The van der Waals surface area contributed by atoms with E-state index in [0.717, 1.165) is 4.90 Å². The number of cyclic esters (lactones) is 1. The summed E-state index contributed by atoms with van der Waals surface area (Å²) in [6.45, 7) is 3.64. The molecular formula is C19H23N3O5S. The van der Waals surface area contributed by atoms with E-state index in [1.165, 1.54) is 16.7 Å². The van der Waals surface area contributed by atoms with Gasteiger partial charge in [-0.05, 0) is 18.1 Å². The van der Waals surface area contributed by atoms with E-state index in [4.69, 9.17) is 10.5 Å². The summed E-state index contributed by atoms with van der Waals surface area (Å²) in [7, 11) is 0. The molecule has 1 saturated heterocycles. The number of nitrogens with one attached hydrogen (secondary N) is 1. The average molecular weight is 405 g/mol. The molecule has 0 saturated carbocycles. The van der Waals surface area contributed by atoms with Crippen LogP contribution in [0.25, 0.3) is 0 Å². The molecule has 2 aliphatic heterocycles. The van der Waals surface area contributed by atoms with Gasteiger partial charge in [-0.15, -0.1) is 11.8 Å². The monoisotopic (exact) mass is 405 g/mol. The van der Waals surface area contributed by atoms with Gasteiger partial charge in [0.05, 0.1) is 5.69 Å². The van der Waals surface area contributed by atoms with Crippen molar-refractivity contribution in [2.45, 2.75) is 49.0 Å². The van der Waals surface area contributed by atoms with Crippen molar-refractivity contribution in [2.24, 2.45) is 11.7 Å². The SMILES string of the molecule is CC(C)C1Sc2ccccc2N(CC(N)=O)C(=O)C1NC(=O)[C@@H]1CCC(=O)O1. The number of fused-ring (bicyclic) bond motifs is 1. The smallest absolute Gasteiger partial charge is 0.306 e. The highest BCUT2D eigenvalue weighted by molar-refractivity contribution is 8.00. The molecule has 3 N–H and O–H groups in total. The number of amides is 3. The van der Waals surface area contributed by atoms with Crippen molar-refractivity contribution in [1.82, 2.24) is 5.32 Å². The molecule has 0 aliphatic carbocycles. The summed E-state index contributed by atoms with van der Waals surface area (Å²) >= 11 is 1.48. The van der Waals surface area contributed by atoms with E-state index in [2.05, 4.69) is 5.32 Å². The number of anilines is 1. The molecule has 1 aromatic rings. The predicted octanol–water partition coefficient (Wildman–Crippen LogP) is 0.826. The van der Waals surface area contributed by atoms with Crippen molar-refractivity contribution in [2.75, 3.05) is 11.4 Å². The van der Waals surface area contributed by atoms with Crippen molar-refractivity contribution in [3.8, 4) is 0 Å². The Kier molecular flexibility index (Phi) is 5.93. The molecule has 0 spiro atoms. The summed E-state index contributed by atoms with van der Waals surface area (Å²) < 4.78 is 5.02. The number of carbonyl (C=O) groups excluding carboxylic acids is 4. The van der Waals surface area contributed by atoms with Gasteiger partial charge in [-0.3, -0.25) is 19.2 Å². The molecule has 0 bridgehead atoms. The van der Waals surface area contributed by atoms with Gasteiger partial charge >= 0.3 is 5.97 Å². The molecule has 2 unspecified atom stereocenters. The molecule has 9 heteroatoms. The first kappa shape index (κ1) is 20.2. The molecule has 0 aromatic heterocycles. The number of thioether (sulfide) groups is 1. The summed E-state index contributed by atoms with van der Waals surface area (Å²) in [4.78, 5) is 51.1. The zero-order valence-corrected chi connectivity index (χ0v) is 16.5. The van der Waals surface area contributed by atoms with Crippen LogP contribution in [-0.2, 0) is 23.9 Å². The maximum atomic E-state index is 13.4. The van der Waals surface area contributed by atoms with Gasteiger partial charge in [-0.2, -0.15) is 0 Å². The lowest BCUT2D eigenvalue weighted by Gasteiger charge is -2.30. The highest BCUT2D eigenvalue weighted by Gasteiger charge is 2.42. The third kappa shape index (κ3) is 4.14. The van der Waals surface area contributed by atoms with E-state index >= 15 is 0 Å². The second-order valence-corrected chi connectivity index (χ2v) is 8.41. The van der Waals surface area contributed by atoms with Gasteiger partial charge in [0.25, 0.3) is 11.8 Å². The fraction of sp³-hybridized carbons (Fsp3) is 0.474. The summed E-state index contributed by atoms with van der Waals surface area (Å²) in [6.07, 6.45) is -0.428. The second-order valence-electron chi connectivity index (χ2n) is 7.19. The zero-order chi connectivity index (χ0) is 20.4. The standard InChI is InChI=1S/C19H23N3O5S/c1-10(2)17-16(21-18(25)12-7-8-15(24)27-12)19(26)22(9-14(20)23)11-5-3-4-6-13(11)28-17/h3-6,10,12,16-17H,7-9H2,1-2H3,(H2,20,23)(H,21,25)/t12-,16?,17?/m0/s1. The van der Waals surface area contributed by atoms with E-state index in [0.29, 0.717) is 5.69 Å². The Balaban J connectivity index is 1.94. The number of benzene rings is 1. The van der Waals surface area contributed by atoms with Gasteiger partial charge < -0.3 is 20.7 Å². The summed E-state index contributed by atoms with van der Waals surface area (Å²) in [5.74, 6) is -1.93. The lowest BCUT2D eigenvalue weighted by Crippen LogP contribution is -2.56. The van der Waals surface area contributed by atoms with E-state index in [1.807, 2.05) is 26.0 Å². The van der Waals surface area contributed by atoms with Crippen LogP contribution in [0.5, 0.6) is 0 Å². The first-order chi connectivity index (χ1) is 13.3. The molecule has 8 nitrogen and oxygen atoms in total. The fourth-order valence-electron chi connectivity index (χ4n) is 3.36. The van der Waals surface area contributed by atoms with Crippen LogP contribution in [0, 0.1) is 5.92 Å². The number of nitrogens with two attached hydrogens (primary N) is 1. The number of nitrogens with zero attached hydrogens (tertiary/aromatic N) is 1. The van der Waals surface area contributed by atoms with E-state index in [1.54, 1.807) is 12.1 Å². The van der Waals surface area contributed by atoms with Crippen LogP contribution in [0.3, 0.4) is 0 Å². The minimum absolute atomic E-state index is 0.0481. The van der Waals surface area contributed by atoms with E-state index in [-0.39, 0.29) is 30.6 Å². The number of para-hydroxylation sites is 1. The van der Waals surface area contributed by atoms with Crippen molar-refractivity contribution in [3.05, 3.63) is 24.3 Å². The van der Waals surface area contributed by atoms with E-state index < -0.39 is 35.8 Å². The number of ether oxygens (including phenoxy) is 1. The van der Waals surface area contributed by atoms with Gasteiger partial charge in [0.1, 0.15) is 12.6 Å². The Bertz CT molecular complexity index is 813. The molecule has 1 fully saturated rings. The number of hydrogen-bond acceptors (Lipinski definition) is 6. The topological polar surface area (TPSA) is 119 Å². The van der Waals surface area contributed by atoms with Crippen LogP contribution < -0.4 is 16.0 Å². The van der Waals surface area contributed by atoms with Gasteiger partial charge in [0.15, 0.2) is 6.10 Å². The predicted molar refractivity (Wildman–Crippen MR) is 104 cm³/mol. The summed E-state index contributed by atoms with van der Waals surface area (Å²) in [5, 5.41) is 2.49. The Morgan fingerprint density at radius 1 is 1.32 bits per heavy atom. The maximum Gasteiger partial charge on any atom is 0.306 e. The minimum Gasteiger partial charge on any atom is -0.452 e. The maximum absolute atomic E-state index is 13.4. The minimum atomic E-state index is -0.895. The molecular weight excluding hydrogens is 382 g/mol. The van der Waals surface area contributed by atoms with Gasteiger partial charge in [-0.1, -0.05) is 26.0 Å². The highest BCUT2D eigenvalue weighted by atomic mass is 32.2. The zero-order valence-electron chi connectivity index (χ0n) is 15.7. The van der Waals surface area contributed by atoms with Crippen LogP contribution in [0.2, 0.25) is 0 Å². The first-order valence-electron chi connectivity index (χ1n) is 9.13. The van der Waals surface area contributed by atoms with Crippen LogP contribution in [-0.4, -0.2) is 47.6 Å². The van der Waals surface area contributed by atoms with Crippen LogP contribution >= 0.6 is 11.8 Å². The van der Waals surface area contributed by atoms with Crippen molar-refractivity contribution < 1.29 is 23.9 Å². The molecule has 1 aromatic carbocycles. The highest BCUT2D eigenvalue weighted by Crippen LogP contribution is 2.40. The van der Waals surface area contributed by atoms with Gasteiger partial charge in [0.2, 0.25) is 5.91 Å². The molecule has 3 atom stereocenters. The van der Waals surface area contributed by atoms with Crippen LogP contribution in [0.4, 0.5) is 5.69 Å². The van der Waals surface area contributed by atoms with Gasteiger partial charge in [0, 0.05) is 23.0 Å². The Labute approximate surface area is 167 Å². The van der Waals surface area contributed by atoms with Crippen molar-refractivity contribution in [1.29, 1.82) is 0 Å². The second kappa shape index (κ2) is 8.22. The van der Waals surface area contributed by atoms with Gasteiger partial charge in [-0.25, -0.2) is 0 Å². The van der Waals surface area contributed by atoms with Crippen molar-refractivity contribution in [3.63, 3.8) is 0 Å². The quantitative estimate of drug-likeness (QED) is 0.701. The third-order valence-corrected chi connectivity index (χ3v) is 6.41. The number of hydrogen-bond donors (Lipinski definition) is 2. The number of carbonyl (C=O) groups is 4. The largest absolute Gasteiger partial charge is 0.452 e. The Morgan fingerprint density at radius 3 is 2.64 bits per heavy atom. The van der Waals surface area contributed by atoms with E-state index in [9.17, 15) is 19.2 Å². The third-order valence-electron chi connectivity index (χ3n) is 4.73. The number of primary amides is 1. The first-order valence-corrected chi connectivity index (χ1v) is 10.0. The summed E-state index contributed by atoms with van der Waals surface area (Å²) in [5.41, 5.74) is 5.95. The molecule has 2 heterocycles. The molecule has 3 amide bonds. The average Bonchev–Trinajstić information content (AvgIpc) is 3.04.